The molecule has 0 aromatic carbocycles. The van der Waals surface area contributed by atoms with Crippen LogP contribution >= 0.6 is 0 Å². The van der Waals surface area contributed by atoms with Gasteiger partial charge in [0, 0.05) is 19.8 Å². The van der Waals surface area contributed by atoms with Gasteiger partial charge in [-0.2, -0.15) is 0 Å². The Balaban J connectivity index is 1.81. The van der Waals surface area contributed by atoms with E-state index in [0.717, 1.165) is 25.6 Å². The third-order valence-electron chi connectivity index (χ3n) is 2.23. The number of amides is 1. The molecule has 4 heteroatoms. The van der Waals surface area contributed by atoms with Crippen molar-refractivity contribution in [3.05, 3.63) is 0 Å². The highest BCUT2D eigenvalue weighted by Gasteiger charge is 2.20. The second-order valence-electron chi connectivity index (χ2n) is 3.95. The summed E-state index contributed by atoms with van der Waals surface area (Å²) < 4.78 is 5.42. The first-order chi connectivity index (χ1) is 6.70. The lowest BCUT2D eigenvalue weighted by atomic mass is 10.3. The van der Waals surface area contributed by atoms with E-state index in [-0.39, 0.29) is 5.91 Å². The van der Waals surface area contributed by atoms with Crippen molar-refractivity contribution in [2.24, 2.45) is 11.7 Å². The van der Waals surface area contributed by atoms with Gasteiger partial charge in [0.15, 0.2) is 0 Å². The molecule has 1 atom stereocenters. The topological polar surface area (TPSA) is 64.4 Å². The SMILES string of the molecule is CC(N)C(=O)NCCCOCC1CC1. The molecule has 1 rings (SSSR count). The Labute approximate surface area is 85.2 Å². The maximum atomic E-state index is 11.0. The molecule has 82 valence electrons. The maximum absolute atomic E-state index is 11.0. The summed E-state index contributed by atoms with van der Waals surface area (Å²) >= 11 is 0. The Morgan fingerprint density at radius 2 is 2.36 bits per heavy atom. The normalized spacial score (nSPS) is 17.9. The van der Waals surface area contributed by atoms with Gasteiger partial charge in [-0.05, 0) is 32.1 Å². The number of carbonyl (C=O) groups excluding carboxylic acids is 1. The Kier molecular flexibility index (Phi) is 4.90. The molecule has 14 heavy (non-hydrogen) atoms. The van der Waals surface area contributed by atoms with Crippen molar-refractivity contribution in [3.63, 3.8) is 0 Å². The second-order valence-corrected chi connectivity index (χ2v) is 3.95. The number of rotatable bonds is 7. The average molecular weight is 200 g/mol. The van der Waals surface area contributed by atoms with Gasteiger partial charge in [-0.3, -0.25) is 4.79 Å². The number of hydrogen-bond acceptors (Lipinski definition) is 3. The van der Waals surface area contributed by atoms with Gasteiger partial charge in [0.2, 0.25) is 5.91 Å². The molecule has 0 aromatic rings. The summed E-state index contributed by atoms with van der Waals surface area (Å²) in [5.41, 5.74) is 5.38. The van der Waals surface area contributed by atoms with Gasteiger partial charge in [0.25, 0.3) is 0 Å². The van der Waals surface area contributed by atoms with E-state index in [0.29, 0.717) is 6.54 Å². The minimum atomic E-state index is -0.414. The average Bonchev–Trinajstić information content (AvgIpc) is 2.94. The zero-order valence-electron chi connectivity index (χ0n) is 8.79. The smallest absolute Gasteiger partial charge is 0.236 e. The van der Waals surface area contributed by atoms with Crippen LogP contribution in [0.15, 0.2) is 0 Å². The minimum Gasteiger partial charge on any atom is -0.381 e. The molecule has 0 bridgehead atoms. The molecule has 1 saturated carbocycles. The zero-order chi connectivity index (χ0) is 10.4. The lowest BCUT2D eigenvalue weighted by Gasteiger charge is -2.07. The quantitative estimate of drug-likeness (QED) is 0.580. The Morgan fingerprint density at radius 1 is 1.64 bits per heavy atom. The first-order valence-electron chi connectivity index (χ1n) is 5.31. The van der Waals surface area contributed by atoms with Crippen LogP contribution in [0.5, 0.6) is 0 Å². The first kappa shape index (κ1) is 11.5. The van der Waals surface area contributed by atoms with Gasteiger partial charge in [0.05, 0.1) is 6.04 Å². The van der Waals surface area contributed by atoms with Crippen molar-refractivity contribution < 1.29 is 9.53 Å². The second kappa shape index (κ2) is 5.98. The van der Waals surface area contributed by atoms with E-state index >= 15 is 0 Å². The third-order valence-corrected chi connectivity index (χ3v) is 2.23. The van der Waals surface area contributed by atoms with E-state index in [9.17, 15) is 4.79 Å². The summed E-state index contributed by atoms with van der Waals surface area (Å²) in [6, 6.07) is -0.414. The highest BCUT2D eigenvalue weighted by Crippen LogP contribution is 2.28. The fraction of sp³-hybridized carbons (Fsp3) is 0.900. The van der Waals surface area contributed by atoms with E-state index < -0.39 is 6.04 Å². The Bertz CT molecular complexity index is 179. The van der Waals surface area contributed by atoms with E-state index in [4.69, 9.17) is 10.5 Å². The fourth-order valence-electron chi connectivity index (χ4n) is 1.08. The molecule has 0 radical (unpaired) electrons. The zero-order valence-corrected chi connectivity index (χ0v) is 8.79. The molecule has 3 N–H and O–H groups in total. The van der Waals surface area contributed by atoms with Crippen LogP contribution in [0.1, 0.15) is 26.2 Å². The van der Waals surface area contributed by atoms with Gasteiger partial charge in [-0.1, -0.05) is 0 Å². The van der Waals surface area contributed by atoms with E-state index in [2.05, 4.69) is 5.32 Å². The van der Waals surface area contributed by atoms with E-state index in [1.165, 1.54) is 12.8 Å². The molecule has 0 aromatic heterocycles. The third kappa shape index (κ3) is 5.19. The molecule has 0 heterocycles. The van der Waals surface area contributed by atoms with Crippen LogP contribution in [-0.4, -0.2) is 31.7 Å². The summed E-state index contributed by atoms with van der Waals surface area (Å²) in [4.78, 5) is 11.0. The maximum Gasteiger partial charge on any atom is 0.236 e. The molecule has 1 amide bonds. The molecule has 0 saturated heterocycles. The van der Waals surface area contributed by atoms with E-state index in [1.807, 2.05) is 0 Å². The van der Waals surface area contributed by atoms with Crippen LogP contribution in [0, 0.1) is 5.92 Å². The monoisotopic (exact) mass is 200 g/mol. The van der Waals surface area contributed by atoms with Crippen molar-refractivity contribution in [1.29, 1.82) is 0 Å². The number of hydrogen-bond donors (Lipinski definition) is 2. The van der Waals surface area contributed by atoms with Gasteiger partial charge < -0.3 is 15.8 Å². The Morgan fingerprint density at radius 3 is 2.93 bits per heavy atom. The predicted octanol–water partition coefficient (Wildman–Crippen LogP) is 0.267. The van der Waals surface area contributed by atoms with Crippen LogP contribution in [0.4, 0.5) is 0 Å². The standard InChI is InChI=1S/C10H20N2O2/c1-8(11)10(13)12-5-2-6-14-7-9-3-4-9/h8-9H,2-7,11H2,1H3,(H,12,13). The molecule has 1 unspecified atom stereocenters. The Hall–Kier alpha value is -0.610. The molecular formula is C10H20N2O2. The fourth-order valence-corrected chi connectivity index (χ4v) is 1.08. The summed E-state index contributed by atoms with van der Waals surface area (Å²) in [5, 5.41) is 2.74. The van der Waals surface area contributed by atoms with Crippen molar-refractivity contribution in [2.45, 2.75) is 32.2 Å². The molecule has 1 aliphatic rings. The molecule has 0 aliphatic heterocycles. The number of nitrogens with two attached hydrogens (primary N) is 1. The van der Waals surface area contributed by atoms with Gasteiger partial charge >= 0.3 is 0 Å². The van der Waals surface area contributed by atoms with Crippen LogP contribution in [0.2, 0.25) is 0 Å². The predicted molar refractivity (Wildman–Crippen MR) is 54.8 cm³/mol. The van der Waals surface area contributed by atoms with Gasteiger partial charge in [-0.15, -0.1) is 0 Å². The number of carbonyl (C=O) groups is 1. The molecular weight excluding hydrogens is 180 g/mol. The largest absolute Gasteiger partial charge is 0.381 e. The molecule has 1 fully saturated rings. The van der Waals surface area contributed by atoms with Crippen molar-refractivity contribution >= 4 is 5.91 Å². The highest BCUT2D eigenvalue weighted by atomic mass is 16.5. The summed E-state index contributed by atoms with van der Waals surface area (Å²) in [7, 11) is 0. The number of ether oxygens (including phenoxy) is 1. The highest BCUT2D eigenvalue weighted by molar-refractivity contribution is 5.80. The summed E-state index contributed by atoms with van der Waals surface area (Å²) in [6.45, 7) is 3.96. The lowest BCUT2D eigenvalue weighted by Crippen LogP contribution is -2.38. The van der Waals surface area contributed by atoms with Crippen molar-refractivity contribution in [1.82, 2.24) is 5.32 Å². The molecule has 4 nitrogen and oxygen atoms in total. The first-order valence-corrected chi connectivity index (χ1v) is 5.31. The van der Waals surface area contributed by atoms with Crippen LogP contribution < -0.4 is 11.1 Å². The summed E-state index contributed by atoms with van der Waals surface area (Å²) in [6.07, 6.45) is 3.51. The van der Waals surface area contributed by atoms with Crippen molar-refractivity contribution in [3.8, 4) is 0 Å². The minimum absolute atomic E-state index is 0.0906. The molecule has 0 spiro atoms. The van der Waals surface area contributed by atoms with Crippen molar-refractivity contribution in [2.75, 3.05) is 19.8 Å². The summed E-state index contributed by atoms with van der Waals surface area (Å²) in [5.74, 6) is 0.723. The van der Waals surface area contributed by atoms with E-state index in [1.54, 1.807) is 6.92 Å². The molecule has 1 aliphatic carbocycles. The van der Waals surface area contributed by atoms with Crippen LogP contribution in [0.25, 0.3) is 0 Å². The van der Waals surface area contributed by atoms with Gasteiger partial charge in [-0.25, -0.2) is 0 Å². The lowest BCUT2D eigenvalue weighted by molar-refractivity contribution is -0.122. The van der Waals surface area contributed by atoms with Crippen LogP contribution in [0.3, 0.4) is 0 Å². The van der Waals surface area contributed by atoms with Crippen LogP contribution in [-0.2, 0) is 9.53 Å². The van der Waals surface area contributed by atoms with Gasteiger partial charge in [0.1, 0.15) is 0 Å². The number of nitrogens with one attached hydrogen (secondary N) is 1.